The Morgan fingerprint density at radius 1 is 1.11 bits per heavy atom. The number of nitrogens with zero attached hydrogens (tertiary/aromatic N) is 1. The van der Waals surface area contributed by atoms with Crippen molar-refractivity contribution in [2.75, 3.05) is 38.2 Å². The third kappa shape index (κ3) is 4.56. The number of nitrogens with one attached hydrogen (secondary N) is 2. The van der Waals surface area contributed by atoms with E-state index >= 15 is 0 Å². The van der Waals surface area contributed by atoms with Crippen molar-refractivity contribution < 1.29 is 13.9 Å². The smallest absolute Gasteiger partial charge is 0.256 e. The maximum absolute atomic E-state index is 13.9. The predicted molar refractivity (Wildman–Crippen MR) is 137 cm³/mol. The van der Waals surface area contributed by atoms with E-state index in [2.05, 4.69) is 21.3 Å². The lowest BCUT2D eigenvalue weighted by Gasteiger charge is -2.29. The molecule has 1 amide bonds. The van der Waals surface area contributed by atoms with Crippen LogP contribution in [0, 0.1) is 11.7 Å². The van der Waals surface area contributed by atoms with Gasteiger partial charge in [-0.3, -0.25) is 9.69 Å². The highest BCUT2D eigenvalue weighted by Crippen LogP contribution is 2.41. The van der Waals surface area contributed by atoms with E-state index in [1.54, 1.807) is 6.07 Å². The molecule has 2 aromatic carbocycles. The van der Waals surface area contributed by atoms with Crippen LogP contribution in [0.2, 0.25) is 0 Å². The third-order valence-corrected chi connectivity index (χ3v) is 7.54. The van der Waals surface area contributed by atoms with Gasteiger partial charge in [0.05, 0.1) is 18.8 Å². The zero-order chi connectivity index (χ0) is 23.8. The molecule has 35 heavy (non-hydrogen) atoms. The molecule has 3 aromatic rings. The van der Waals surface area contributed by atoms with Crippen molar-refractivity contribution in [3.63, 3.8) is 0 Å². The highest BCUT2D eigenvalue weighted by Gasteiger charge is 2.28. The zero-order valence-electron chi connectivity index (χ0n) is 19.8. The van der Waals surface area contributed by atoms with Crippen LogP contribution in [-0.2, 0) is 22.4 Å². The van der Waals surface area contributed by atoms with Gasteiger partial charge in [0, 0.05) is 35.7 Å². The van der Waals surface area contributed by atoms with Crippen LogP contribution in [0.4, 0.5) is 10.1 Å². The van der Waals surface area contributed by atoms with Crippen molar-refractivity contribution in [3.8, 4) is 11.1 Å². The van der Waals surface area contributed by atoms with E-state index in [1.807, 2.05) is 30.3 Å². The first kappa shape index (κ1) is 22.3. The summed E-state index contributed by atoms with van der Waals surface area (Å²) in [5.74, 6) is 0.277. The molecule has 1 fully saturated rings. The quantitative estimate of drug-likeness (QED) is 0.507. The molecule has 2 N–H and O–H groups in total. The summed E-state index contributed by atoms with van der Waals surface area (Å²) in [7, 11) is 0. The van der Waals surface area contributed by atoms with Crippen molar-refractivity contribution in [2.24, 2.45) is 5.92 Å². The number of aromatic nitrogens is 1. The molecule has 0 saturated carbocycles. The van der Waals surface area contributed by atoms with Crippen LogP contribution in [0.3, 0.4) is 0 Å². The fraction of sp³-hybridized carbons (Fsp3) is 0.345. The molecule has 180 valence electrons. The molecule has 1 atom stereocenters. The van der Waals surface area contributed by atoms with Crippen molar-refractivity contribution in [1.82, 2.24) is 9.88 Å². The number of benzene rings is 2. The number of carbonyl (C=O) groups is 1. The second kappa shape index (κ2) is 9.44. The summed E-state index contributed by atoms with van der Waals surface area (Å²) >= 11 is 0. The number of aryl methyl sites for hydroxylation is 1. The van der Waals surface area contributed by atoms with Gasteiger partial charge in [-0.2, -0.15) is 0 Å². The molecule has 6 heteroatoms. The van der Waals surface area contributed by atoms with Crippen molar-refractivity contribution >= 4 is 23.2 Å². The summed E-state index contributed by atoms with van der Waals surface area (Å²) < 4.78 is 19.4. The number of halogens is 1. The lowest BCUT2D eigenvalue weighted by Crippen LogP contribution is -2.37. The van der Waals surface area contributed by atoms with Gasteiger partial charge in [-0.15, -0.1) is 0 Å². The Balaban J connectivity index is 1.24. The SMILES string of the molecule is O=C1Nc2cccc(-c3cccc(F)c3)c2/C1=C\c1cc2c([nH]1)CCC(CCN1CCOCC1)C2. The molecule has 0 bridgehead atoms. The molecule has 1 aromatic heterocycles. The van der Waals surface area contributed by atoms with Crippen molar-refractivity contribution in [1.29, 1.82) is 0 Å². The lowest BCUT2D eigenvalue weighted by molar-refractivity contribution is -0.110. The average Bonchev–Trinajstić information content (AvgIpc) is 3.43. The largest absolute Gasteiger partial charge is 0.379 e. The second-order valence-corrected chi connectivity index (χ2v) is 9.83. The first-order valence-electron chi connectivity index (χ1n) is 12.6. The van der Waals surface area contributed by atoms with E-state index in [4.69, 9.17) is 4.74 Å². The van der Waals surface area contributed by atoms with Crippen LogP contribution in [0.25, 0.3) is 22.8 Å². The second-order valence-electron chi connectivity index (χ2n) is 9.83. The summed E-state index contributed by atoms with van der Waals surface area (Å²) in [6, 6.07) is 14.5. The van der Waals surface area contributed by atoms with Gasteiger partial charge in [-0.1, -0.05) is 24.3 Å². The summed E-state index contributed by atoms with van der Waals surface area (Å²) in [4.78, 5) is 19.0. The number of aromatic amines is 1. The van der Waals surface area contributed by atoms with E-state index in [9.17, 15) is 9.18 Å². The van der Waals surface area contributed by atoms with Gasteiger partial charge in [0.15, 0.2) is 0 Å². The first-order chi connectivity index (χ1) is 17.1. The summed E-state index contributed by atoms with van der Waals surface area (Å²) in [6.07, 6.45) is 6.49. The molecule has 2 aliphatic heterocycles. The third-order valence-electron chi connectivity index (χ3n) is 7.54. The highest BCUT2D eigenvalue weighted by molar-refractivity contribution is 6.36. The van der Waals surface area contributed by atoms with Gasteiger partial charge in [-0.25, -0.2) is 4.39 Å². The number of H-pyrrole nitrogens is 1. The Hall–Kier alpha value is -3.22. The number of hydrogen-bond acceptors (Lipinski definition) is 3. The number of rotatable bonds is 5. The maximum Gasteiger partial charge on any atom is 0.256 e. The number of hydrogen-bond donors (Lipinski definition) is 2. The minimum atomic E-state index is -0.289. The summed E-state index contributed by atoms with van der Waals surface area (Å²) in [5.41, 5.74) is 7.44. The van der Waals surface area contributed by atoms with E-state index in [0.29, 0.717) is 11.5 Å². The molecule has 3 heterocycles. The first-order valence-corrected chi connectivity index (χ1v) is 12.6. The lowest BCUT2D eigenvalue weighted by atomic mass is 9.85. The Bertz CT molecular complexity index is 1290. The fourth-order valence-electron chi connectivity index (χ4n) is 5.69. The molecular weight excluding hydrogens is 441 g/mol. The molecule has 1 unspecified atom stereocenters. The zero-order valence-corrected chi connectivity index (χ0v) is 19.8. The fourth-order valence-corrected chi connectivity index (χ4v) is 5.69. The minimum Gasteiger partial charge on any atom is -0.379 e. The summed E-state index contributed by atoms with van der Waals surface area (Å²) in [5, 5.41) is 2.98. The number of anilines is 1. The Morgan fingerprint density at radius 3 is 2.83 bits per heavy atom. The predicted octanol–water partition coefficient (Wildman–Crippen LogP) is 5.14. The van der Waals surface area contributed by atoms with Crippen molar-refractivity contribution in [2.45, 2.75) is 25.7 Å². The van der Waals surface area contributed by atoms with Crippen LogP contribution in [0.1, 0.15) is 35.4 Å². The topological polar surface area (TPSA) is 57.4 Å². The maximum atomic E-state index is 13.9. The number of carbonyl (C=O) groups excluding carboxylic acids is 1. The number of fused-ring (bicyclic) bond motifs is 2. The standard InChI is InChI=1S/C29H30FN3O2/c30-22-4-1-3-20(16-22)24-5-2-6-27-28(24)25(29(34)32-27)18-23-17-21-15-19(7-8-26(21)31-23)9-10-33-11-13-35-14-12-33/h1-6,16-19,31H,7-15H2,(H,32,34)/b25-18+. The van der Waals surface area contributed by atoms with Gasteiger partial charge < -0.3 is 15.0 Å². The van der Waals surface area contributed by atoms with E-state index < -0.39 is 0 Å². The molecule has 0 radical (unpaired) electrons. The minimum absolute atomic E-state index is 0.125. The monoisotopic (exact) mass is 471 g/mol. The van der Waals surface area contributed by atoms with E-state index in [1.165, 1.54) is 36.2 Å². The number of morpholine rings is 1. The Kier molecular flexibility index (Phi) is 6.00. The van der Waals surface area contributed by atoms with Crippen molar-refractivity contribution in [3.05, 3.63) is 76.9 Å². The molecule has 3 aliphatic rings. The normalized spacial score (nSPS) is 21.1. The van der Waals surface area contributed by atoms with Gasteiger partial charge in [-0.05, 0) is 85.2 Å². The van der Waals surface area contributed by atoms with Gasteiger partial charge in [0.25, 0.3) is 5.91 Å². The van der Waals surface area contributed by atoms with Crippen LogP contribution in [-0.4, -0.2) is 48.6 Å². The molecule has 5 nitrogen and oxygen atoms in total. The van der Waals surface area contributed by atoms with E-state index in [0.717, 1.165) is 73.8 Å². The van der Waals surface area contributed by atoms with Gasteiger partial charge >= 0.3 is 0 Å². The van der Waals surface area contributed by atoms with Gasteiger partial charge in [0.1, 0.15) is 5.82 Å². The van der Waals surface area contributed by atoms with Crippen LogP contribution in [0.15, 0.2) is 48.5 Å². The number of ether oxygens (including phenoxy) is 1. The molecule has 0 spiro atoms. The number of amides is 1. The average molecular weight is 472 g/mol. The molecule has 6 rings (SSSR count). The Morgan fingerprint density at radius 2 is 1.97 bits per heavy atom. The Labute approximate surface area is 205 Å². The molecular formula is C29H30FN3O2. The van der Waals surface area contributed by atoms with Gasteiger partial charge in [0.2, 0.25) is 0 Å². The van der Waals surface area contributed by atoms with Crippen LogP contribution < -0.4 is 5.32 Å². The van der Waals surface area contributed by atoms with E-state index in [-0.39, 0.29) is 11.7 Å². The van der Waals surface area contributed by atoms with Crippen LogP contribution >= 0.6 is 0 Å². The molecule has 1 aliphatic carbocycles. The van der Waals surface area contributed by atoms with Crippen LogP contribution in [0.5, 0.6) is 0 Å². The molecule has 1 saturated heterocycles. The summed E-state index contributed by atoms with van der Waals surface area (Å²) in [6.45, 7) is 4.93. The highest BCUT2D eigenvalue weighted by atomic mass is 19.1.